The summed E-state index contributed by atoms with van der Waals surface area (Å²) in [6, 6.07) is 16.0. The number of pyridine rings is 1. The number of benzene rings is 2. The van der Waals surface area contributed by atoms with Crippen LogP contribution in [0.2, 0.25) is 0 Å². The Morgan fingerprint density at radius 2 is 1.79 bits per heavy atom. The molecule has 33 heavy (non-hydrogen) atoms. The molecule has 0 saturated heterocycles. The first-order chi connectivity index (χ1) is 15.5. The second kappa shape index (κ2) is 10.5. The average Bonchev–Trinajstić information content (AvgIpc) is 2.78. The van der Waals surface area contributed by atoms with Crippen molar-refractivity contribution in [2.45, 2.75) is 6.54 Å². The van der Waals surface area contributed by atoms with Crippen LogP contribution in [0.1, 0.15) is 5.56 Å². The zero-order chi connectivity index (χ0) is 22.5. The van der Waals surface area contributed by atoms with Crippen LogP contribution in [0.3, 0.4) is 0 Å². The van der Waals surface area contributed by atoms with E-state index in [1.54, 1.807) is 36.3 Å². The van der Waals surface area contributed by atoms with Crippen molar-refractivity contribution in [3.8, 4) is 5.75 Å². The quantitative estimate of drug-likeness (QED) is 0.376. The van der Waals surface area contributed by atoms with Crippen LogP contribution in [0.25, 0.3) is 0 Å². The summed E-state index contributed by atoms with van der Waals surface area (Å²) in [6.45, 7) is 0.188. The van der Waals surface area contributed by atoms with Crippen molar-refractivity contribution in [3.63, 3.8) is 0 Å². The number of nitrogens with two attached hydrogens (primary N) is 1. The SMILES string of the molecule is COc1cccc(Nc2nc(N)nc(N(Cc3ccnc(F)c3)c3ccc(F)cc3)n2)c1.Cl. The van der Waals surface area contributed by atoms with E-state index in [2.05, 4.69) is 25.3 Å². The first kappa shape index (κ1) is 23.6. The number of nitrogens with one attached hydrogen (secondary N) is 1. The van der Waals surface area contributed by atoms with Crippen molar-refractivity contribution in [1.82, 2.24) is 19.9 Å². The summed E-state index contributed by atoms with van der Waals surface area (Å²) in [5.74, 6) is 0.0371. The highest BCUT2D eigenvalue weighted by Crippen LogP contribution is 2.27. The summed E-state index contributed by atoms with van der Waals surface area (Å²) in [4.78, 5) is 18.1. The highest BCUT2D eigenvalue weighted by Gasteiger charge is 2.17. The summed E-state index contributed by atoms with van der Waals surface area (Å²) in [7, 11) is 1.57. The zero-order valence-electron chi connectivity index (χ0n) is 17.4. The van der Waals surface area contributed by atoms with Crippen molar-refractivity contribution in [2.75, 3.05) is 23.1 Å². The van der Waals surface area contributed by atoms with Gasteiger partial charge in [0.15, 0.2) is 0 Å². The molecule has 0 radical (unpaired) electrons. The number of nitrogen functional groups attached to an aromatic ring is 1. The molecule has 11 heteroatoms. The van der Waals surface area contributed by atoms with E-state index >= 15 is 0 Å². The predicted molar refractivity (Wildman–Crippen MR) is 124 cm³/mol. The van der Waals surface area contributed by atoms with Gasteiger partial charge in [-0.1, -0.05) is 6.07 Å². The van der Waals surface area contributed by atoms with Gasteiger partial charge in [-0.2, -0.15) is 19.3 Å². The first-order valence-electron chi connectivity index (χ1n) is 9.56. The van der Waals surface area contributed by atoms with E-state index < -0.39 is 5.95 Å². The summed E-state index contributed by atoms with van der Waals surface area (Å²) in [5.41, 5.74) is 7.83. The Labute approximate surface area is 194 Å². The van der Waals surface area contributed by atoms with Crippen LogP contribution in [0.5, 0.6) is 5.75 Å². The van der Waals surface area contributed by atoms with E-state index in [9.17, 15) is 8.78 Å². The molecule has 3 N–H and O–H groups in total. The van der Waals surface area contributed by atoms with Crippen LogP contribution < -0.4 is 20.7 Å². The molecule has 0 fully saturated rings. The van der Waals surface area contributed by atoms with Gasteiger partial charge in [0.1, 0.15) is 11.6 Å². The second-order valence-electron chi connectivity index (χ2n) is 6.72. The predicted octanol–water partition coefficient (Wildman–Crippen LogP) is 4.64. The summed E-state index contributed by atoms with van der Waals surface area (Å²) >= 11 is 0. The lowest BCUT2D eigenvalue weighted by Gasteiger charge is -2.23. The van der Waals surface area contributed by atoms with Gasteiger partial charge in [0, 0.05) is 23.6 Å². The molecule has 0 aliphatic carbocycles. The van der Waals surface area contributed by atoms with Gasteiger partial charge < -0.3 is 20.7 Å². The number of hydrogen-bond acceptors (Lipinski definition) is 8. The standard InChI is InChI=1S/C22H19F2N7O.ClH/c1-32-18-4-2-3-16(12-18)27-21-28-20(25)29-22(30-21)31(17-7-5-15(23)6-8-17)13-14-9-10-26-19(24)11-14;/h2-12H,13H2,1H3,(H3,25,27,28,29,30);1H. The number of halogens is 3. The topological polar surface area (TPSA) is 102 Å². The van der Waals surface area contributed by atoms with Crippen LogP contribution in [-0.2, 0) is 6.54 Å². The average molecular weight is 472 g/mol. The van der Waals surface area contributed by atoms with Crippen molar-refractivity contribution >= 4 is 41.6 Å². The maximum Gasteiger partial charge on any atom is 0.236 e. The van der Waals surface area contributed by atoms with Crippen LogP contribution in [0, 0.1) is 11.8 Å². The van der Waals surface area contributed by atoms with Gasteiger partial charge in [0.2, 0.25) is 23.8 Å². The molecular weight excluding hydrogens is 452 g/mol. The maximum absolute atomic E-state index is 13.6. The monoisotopic (exact) mass is 471 g/mol. The van der Waals surface area contributed by atoms with Gasteiger partial charge >= 0.3 is 0 Å². The van der Waals surface area contributed by atoms with E-state index in [4.69, 9.17) is 10.5 Å². The number of rotatable bonds is 7. The molecule has 0 spiro atoms. The molecule has 4 rings (SSSR count). The lowest BCUT2D eigenvalue weighted by molar-refractivity contribution is 0.415. The maximum atomic E-state index is 13.6. The Bertz CT molecular complexity index is 1230. The van der Waals surface area contributed by atoms with E-state index in [-0.39, 0.29) is 42.6 Å². The minimum atomic E-state index is -0.614. The first-order valence-corrected chi connectivity index (χ1v) is 9.56. The third-order valence-corrected chi connectivity index (χ3v) is 4.48. The minimum Gasteiger partial charge on any atom is -0.497 e. The van der Waals surface area contributed by atoms with E-state index in [0.717, 1.165) is 0 Å². The minimum absolute atomic E-state index is 0. The van der Waals surface area contributed by atoms with Crippen LogP contribution >= 0.6 is 12.4 Å². The molecule has 2 heterocycles. The van der Waals surface area contributed by atoms with Crippen molar-refractivity contribution in [3.05, 3.63) is 84.2 Å². The lowest BCUT2D eigenvalue weighted by Crippen LogP contribution is -2.21. The van der Waals surface area contributed by atoms with Crippen molar-refractivity contribution in [1.29, 1.82) is 0 Å². The van der Waals surface area contributed by atoms with Gasteiger partial charge in [0.05, 0.1) is 13.7 Å². The van der Waals surface area contributed by atoms with E-state index in [1.807, 2.05) is 18.2 Å². The molecule has 0 aliphatic heterocycles. The number of nitrogens with zero attached hydrogens (tertiary/aromatic N) is 5. The third-order valence-electron chi connectivity index (χ3n) is 4.48. The fourth-order valence-electron chi connectivity index (χ4n) is 3.01. The fourth-order valence-corrected chi connectivity index (χ4v) is 3.01. The molecule has 0 bridgehead atoms. The zero-order valence-corrected chi connectivity index (χ0v) is 18.3. The van der Waals surface area contributed by atoms with Gasteiger partial charge in [0.25, 0.3) is 0 Å². The molecule has 0 saturated carbocycles. The van der Waals surface area contributed by atoms with E-state index in [0.29, 0.717) is 22.7 Å². The molecule has 0 aliphatic rings. The molecule has 2 aromatic heterocycles. The Morgan fingerprint density at radius 1 is 1.00 bits per heavy atom. The van der Waals surface area contributed by atoms with Crippen molar-refractivity contribution in [2.24, 2.45) is 0 Å². The summed E-state index contributed by atoms with van der Waals surface area (Å²) < 4.78 is 32.4. The van der Waals surface area contributed by atoms with Crippen LogP contribution in [0.15, 0.2) is 66.9 Å². The molecule has 0 amide bonds. The molecule has 4 aromatic rings. The Morgan fingerprint density at radius 3 is 2.52 bits per heavy atom. The number of anilines is 5. The lowest BCUT2D eigenvalue weighted by atomic mass is 10.2. The largest absolute Gasteiger partial charge is 0.497 e. The Hall–Kier alpha value is -4.05. The number of methoxy groups -OCH3 is 1. The van der Waals surface area contributed by atoms with Gasteiger partial charge in [-0.25, -0.2) is 9.37 Å². The fraction of sp³-hybridized carbons (Fsp3) is 0.0909. The Kier molecular flexibility index (Phi) is 7.52. The highest BCUT2D eigenvalue weighted by atomic mass is 35.5. The number of ether oxygens (including phenoxy) is 1. The molecule has 170 valence electrons. The van der Waals surface area contributed by atoms with Crippen molar-refractivity contribution < 1.29 is 13.5 Å². The third kappa shape index (κ3) is 6.01. The Balaban J connectivity index is 0.00000306. The van der Waals surface area contributed by atoms with Gasteiger partial charge in [-0.15, -0.1) is 12.4 Å². The normalized spacial score (nSPS) is 10.3. The van der Waals surface area contributed by atoms with Gasteiger partial charge in [-0.3, -0.25) is 0 Å². The second-order valence-corrected chi connectivity index (χ2v) is 6.72. The summed E-state index contributed by atoms with van der Waals surface area (Å²) in [5, 5.41) is 3.07. The molecule has 0 atom stereocenters. The molecule has 2 aromatic carbocycles. The molecule has 0 unspecified atom stereocenters. The van der Waals surface area contributed by atoms with Gasteiger partial charge in [-0.05, 0) is 54.1 Å². The highest BCUT2D eigenvalue weighted by molar-refractivity contribution is 5.85. The number of aromatic nitrogens is 4. The van der Waals surface area contributed by atoms with Crippen LogP contribution in [0.4, 0.5) is 38.0 Å². The molecular formula is C22H20ClF2N7O. The van der Waals surface area contributed by atoms with E-state index in [1.165, 1.54) is 24.4 Å². The smallest absolute Gasteiger partial charge is 0.236 e. The van der Waals surface area contributed by atoms with Crippen LogP contribution in [-0.4, -0.2) is 27.0 Å². The number of hydrogen-bond donors (Lipinski definition) is 2. The summed E-state index contributed by atoms with van der Waals surface area (Å²) in [6.07, 6.45) is 1.37. The molecule has 8 nitrogen and oxygen atoms in total.